The van der Waals surface area contributed by atoms with Gasteiger partial charge >= 0.3 is 11.9 Å². The molecule has 0 unspecified atom stereocenters. The molecule has 98 valence electrons. The Hall–Kier alpha value is -1.95. The van der Waals surface area contributed by atoms with Crippen LogP contribution in [0.3, 0.4) is 0 Å². The molecule has 1 aromatic carbocycles. The lowest BCUT2D eigenvalue weighted by Gasteiger charge is -2.13. The van der Waals surface area contributed by atoms with E-state index in [9.17, 15) is 9.59 Å². The van der Waals surface area contributed by atoms with Crippen LogP contribution in [0, 0.1) is 0 Å². The quantitative estimate of drug-likeness (QED) is 0.821. The SMILES string of the molecule is COC(=O)c1c(OC)ccc(Cl)c1OCC(=O)O. The highest BCUT2D eigenvalue weighted by Crippen LogP contribution is 2.36. The normalized spacial score (nSPS) is 9.72. The Labute approximate surface area is 108 Å². The van der Waals surface area contributed by atoms with Gasteiger partial charge in [0.05, 0.1) is 19.2 Å². The van der Waals surface area contributed by atoms with E-state index in [2.05, 4.69) is 4.74 Å². The number of carbonyl (C=O) groups excluding carboxylic acids is 1. The summed E-state index contributed by atoms with van der Waals surface area (Å²) in [5, 5.41) is 8.66. The van der Waals surface area contributed by atoms with E-state index < -0.39 is 18.5 Å². The van der Waals surface area contributed by atoms with Gasteiger partial charge in [-0.25, -0.2) is 9.59 Å². The first-order valence-electron chi connectivity index (χ1n) is 4.80. The van der Waals surface area contributed by atoms with Crippen molar-refractivity contribution in [1.29, 1.82) is 0 Å². The smallest absolute Gasteiger partial charge is 0.345 e. The summed E-state index contributed by atoms with van der Waals surface area (Å²) in [7, 11) is 2.54. The first kappa shape index (κ1) is 14.1. The highest BCUT2D eigenvalue weighted by atomic mass is 35.5. The molecule has 0 aliphatic heterocycles. The van der Waals surface area contributed by atoms with Crippen LogP contribution in [0.4, 0.5) is 0 Å². The Bertz CT molecular complexity index is 471. The van der Waals surface area contributed by atoms with Gasteiger partial charge in [0.25, 0.3) is 0 Å². The summed E-state index contributed by atoms with van der Waals surface area (Å²) in [5.74, 6) is -1.81. The van der Waals surface area contributed by atoms with E-state index in [1.807, 2.05) is 0 Å². The summed E-state index contributed by atoms with van der Waals surface area (Å²) in [6, 6.07) is 2.90. The van der Waals surface area contributed by atoms with Crippen molar-refractivity contribution >= 4 is 23.5 Å². The number of methoxy groups -OCH3 is 2. The van der Waals surface area contributed by atoms with E-state index in [1.165, 1.54) is 26.4 Å². The Morgan fingerprint density at radius 1 is 1.33 bits per heavy atom. The molecule has 0 radical (unpaired) electrons. The number of hydrogen-bond donors (Lipinski definition) is 1. The van der Waals surface area contributed by atoms with Gasteiger partial charge in [0, 0.05) is 0 Å². The number of esters is 1. The molecule has 0 atom stereocenters. The lowest BCUT2D eigenvalue weighted by atomic mass is 10.1. The molecule has 0 aliphatic rings. The van der Waals surface area contributed by atoms with E-state index >= 15 is 0 Å². The minimum absolute atomic E-state index is 0.0475. The van der Waals surface area contributed by atoms with Gasteiger partial charge in [-0.15, -0.1) is 0 Å². The summed E-state index contributed by atoms with van der Waals surface area (Å²) >= 11 is 5.86. The molecule has 0 saturated carbocycles. The van der Waals surface area contributed by atoms with Crippen molar-refractivity contribution in [2.45, 2.75) is 0 Å². The average molecular weight is 275 g/mol. The van der Waals surface area contributed by atoms with Gasteiger partial charge in [-0.3, -0.25) is 0 Å². The fourth-order valence-electron chi connectivity index (χ4n) is 1.28. The van der Waals surface area contributed by atoms with E-state index in [4.69, 9.17) is 26.2 Å². The molecular formula is C11H11ClO6. The molecule has 0 aliphatic carbocycles. The number of carboxylic acids is 1. The minimum Gasteiger partial charge on any atom is -0.496 e. The molecular weight excluding hydrogens is 264 g/mol. The number of hydrogen-bond acceptors (Lipinski definition) is 5. The summed E-state index contributed by atoms with van der Waals surface area (Å²) in [4.78, 5) is 22.1. The van der Waals surface area contributed by atoms with Crippen LogP contribution in [0.25, 0.3) is 0 Å². The third-order valence-electron chi connectivity index (χ3n) is 2.02. The van der Waals surface area contributed by atoms with Crippen molar-refractivity contribution in [3.63, 3.8) is 0 Å². The zero-order chi connectivity index (χ0) is 13.7. The summed E-state index contributed by atoms with van der Waals surface area (Å²) in [5.41, 5.74) is -0.0475. The van der Waals surface area contributed by atoms with Gasteiger partial charge in [0.15, 0.2) is 12.4 Å². The van der Waals surface area contributed by atoms with Gasteiger partial charge in [-0.1, -0.05) is 11.6 Å². The van der Waals surface area contributed by atoms with E-state index in [-0.39, 0.29) is 22.1 Å². The van der Waals surface area contributed by atoms with Crippen LogP contribution in [0.1, 0.15) is 10.4 Å². The van der Waals surface area contributed by atoms with Gasteiger partial charge in [0.2, 0.25) is 0 Å². The van der Waals surface area contributed by atoms with Crippen molar-refractivity contribution < 1.29 is 28.9 Å². The molecule has 0 bridgehead atoms. The van der Waals surface area contributed by atoms with E-state index in [0.717, 1.165) is 0 Å². The maximum atomic E-state index is 11.6. The summed E-state index contributed by atoms with van der Waals surface area (Å²) in [6.07, 6.45) is 0. The highest BCUT2D eigenvalue weighted by Gasteiger charge is 2.22. The van der Waals surface area contributed by atoms with Crippen LogP contribution in [0.5, 0.6) is 11.5 Å². The van der Waals surface area contributed by atoms with Crippen LogP contribution in [-0.2, 0) is 9.53 Å². The molecule has 0 saturated heterocycles. The first-order chi connectivity index (χ1) is 8.51. The first-order valence-corrected chi connectivity index (χ1v) is 5.18. The Balaban J connectivity index is 3.26. The predicted octanol–water partition coefficient (Wildman–Crippen LogP) is 1.60. The second kappa shape index (κ2) is 6.11. The van der Waals surface area contributed by atoms with Gasteiger partial charge in [-0.05, 0) is 12.1 Å². The Morgan fingerprint density at radius 2 is 2.00 bits per heavy atom. The van der Waals surface area contributed by atoms with Crippen molar-refractivity contribution in [3.05, 3.63) is 22.7 Å². The van der Waals surface area contributed by atoms with Crippen LogP contribution in [-0.4, -0.2) is 37.9 Å². The molecule has 7 heteroatoms. The second-order valence-corrected chi connectivity index (χ2v) is 3.53. The molecule has 0 amide bonds. The van der Waals surface area contributed by atoms with Crippen LogP contribution >= 0.6 is 11.6 Å². The monoisotopic (exact) mass is 274 g/mol. The van der Waals surface area contributed by atoms with Crippen LogP contribution < -0.4 is 9.47 Å². The van der Waals surface area contributed by atoms with E-state index in [1.54, 1.807) is 0 Å². The molecule has 6 nitrogen and oxygen atoms in total. The molecule has 0 aromatic heterocycles. The number of aliphatic carboxylic acids is 1. The largest absolute Gasteiger partial charge is 0.496 e. The standard InChI is InChI=1S/C11H11ClO6/c1-16-7-4-3-6(12)10(18-5-8(13)14)9(7)11(15)17-2/h3-4H,5H2,1-2H3,(H,13,14). The lowest BCUT2D eigenvalue weighted by Crippen LogP contribution is -2.14. The van der Waals surface area contributed by atoms with E-state index in [0.29, 0.717) is 0 Å². The number of rotatable bonds is 5. The van der Waals surface area contributed by atoms with Crippen molar-refractivity contribution in [1.82, 2.24) is 0 Å². The zero-order valence-electron chi connectivity index (χ0n) is 9.73. The predicted molar refractivity (Wildman–Crippen MR) is 62.5 cm³/mol. The van der Waals surface area contributed by atoms with Gasteiger partial charge in [0.1, 0.15) is 11.3 Å². The molecule has 18 heavy (non-hydrogen) atoms. The average Bonchev–Trinajstić information content (AvgIpc) is 2.35. The number of carboxylic acid groups (broad SMARTS) is 1. The Kier molecular flexibility index (Phi) is 4.79. The minimum atomic E-state index is -1.19. The molecule has 0 heterocycles. The number of ether oxygens (including phenoxy) is 3. The third-order valence-corrected chi connectivity index (χ3v) is 2.32. The maximum Gasteiger partial charge on any atom is 0.345 e. The summed E-state index contributed by atoms with van der Waals surface area (Å²) < 4.78 is 14.5. The van der Waals surface area contributed by atoms with Crippen molar-refractivity contribution in [2.75, 3.05) is 20.8 Å². The second-order valence-electron chi connectivity index (χ2n) is 3.13. The van der Waals surface area contributed by atoms with Gasteiger partial charge < -0.3 is 19.3 Å². The highest BCUT2D eigenvalue weighted by molar-refractivity contribution is 6.32. The molecule has 1 N–H and O–H groups in total. The fourth-order valence-corrected chi connectivity index (χ4v) is 1.49. The number of benzene rings is 1. The number of halogens is 1. The summed E-state index contributed by atoms with van der Waals surface area (Å²) in [6.45, 7) is -0.628. The van der Waals surface area contributed by atoms with Crippen LogP contribution in [0.2, 0.25) is 5.02 Å². The Morgan fingerprint density at radius 3 is 2.50 bits per heavy atom. The third kappa shape index (κ3) is 3.04. The van der Waals surface area contributed by atoms with Crippen molar-refractivity contribution in [3.8, 4) is 11.5 Å². The molecule has 1 rings (SSSR count). The lowest BCUT2D eigenvalue weighted by molar-refractivity contribution is -0.139. The number of carbonyl (C=O) groups is 2. The fraction of sp³-hybridized carbons (Fsp3) is 0.273. The van der Waals surface area contributed by atoms with Crippen LogP contribution in [0.15, 0.2) is 12.1 Å². The van der Waals surface area contributed by atoms with Crippen molar-refractivity contribution in [2.24, 2.45) is 0 Å². The molecule has 1 aromatic rings. The molecule has 0 fully saturated rings. The van der Waals surface area contributed by atoms with Gasteiger partial charge in [-0.2, -0.15) is 0 Å². The topological polar surface area (TPSA) is 82.1 Å². The maximum absolute atomic E-state index is 11.6. The molecule has 0 spiro atoms. The zero-order valence-corrected chi connectivity index (χ0v) is 10.5.